The van der Waals surface area contributed by atoms with Crippen LogP contribution in [0.5, 0.6) is 0 Å². The van der Waals surface area contributed by atoms with E-state index in [0.29, 0.717) is 21.3 Å². The molecular formula is C20H18Cl3N3O3. The predicted octanol–water partition coefficient (Wildman–Crippen LogP) is 4.67. The van der Waals surface area contributed by atoms with Crippen LogP contribution in [0.3, 0.4) is 0 Å². The normalized spacial score (nSPS) is 18.8. The fourth-order valence-electron chi connectivity index (χ4n) is 3.31. The summed E-state index contributed by atoms with van der Waals surface area (Å²) in [6.45, 7) is 4.76. The fourth-order valence-corrected chi connectivity index (χ4v) is 4.28. The maximum absolute atomic E-state index is 13.0. The lowest BCUT2D eigenvalue weighted by Gasteiger charge is -2.23. The Morgan fingerprint density at radius 1 is 1.10 bits per heavy atom. The lowest BCUT2D eigenvalue weighted by molar-refractivity contribution is -0.133. The van der Waals surface area contributed by atoms with Gasteiger partial charge in [0, 0.05) is 15.6 Å². The lowest BCUT2D eigenvalue weighted by Crippen LogP contribution is -2.42. The number of hydrogen-bond acceptors (Lipinski definition) is 3. The number of urea groups is 1. The van der Waals surface area contributed by atoms with Crippen LogP contribution < -0.4 is 10.6 Å². The van der Waals surface area contributed by atoms with Crippen LogP contribution >= 0.6 is 34.8 Å². The minimum atomic E-state index is -1.41. The van der Waals surface area contributed by atoms with E-state index in [0.717, 1.165) is 16.0 Å². The van der Waals surface area contributed by atoms with E-state index in [-0.39, 0.29) is 5.02 Å². The molecule has 1 fully saturated rings. The minimum absolute atomic E-state index is 0.238. The molecule has 4 amide bonds. The quantitative estimate of drug-likeness (QED) is 0.659. The number of aryl methyl sites for hydroxylation is 2. The molecular weight excluding hydrogens is 437 g/mol. The standard InChI is InChI=1S/C20H18Cl3N3O3/c1-10-6-11(2)17(15(23)7-10)24-16(27)9-26-18(28)20(3,25-19(26)29)13-5-4-12(21)8-14(13)22/h4-8H,9H2,1-3H3,(H,24,27)(H,25,29). The topological polar surface area (TPSA) is 78.5 Å². The predicted molar refractivity (Wildman–Crippen MR) is 114 cm³/mol. The molecule has 29 heavy (non-hydrogen) atoms. The Balaban J connectivity index is 1.81. The van der Waals surface area contributed by atoms with Crippen molar-refractivity contribution in [2.75, 3.05) is 11.9 Å². The summed E-state index contributed by atoms with van der Waals surface area (Å²) in [7, 11) is 0. The van der Waals surface area contributed by atoms with E-state index in [1.165, 1.54) is 13.0 Å². The number of nitrogens with one attached hydrogen (secondary N) is 2. The van der Waals surface area contributed by atoms with Crippen molar-refractivity contribution in [2.24, 2.45) is 0 Å². The molecule has 6 nitrogen and oxygen atoms in total. The molecule has 9 heteroatoms. The van der Waals surface area contributed by atoms with E-state index < -0.39 is 29.9 Å². The Morgan fingerprint density at radius 3 is 2.41 bits per heavy atom. The van der Waals surface area contributed by atoms with Crippen LogP contribution in [0, 0.1) is 13.8 Å². The number of carbonyl (C=O) groups excluding carboxylic acids is 3. The van der Waals surface area contributed by atoms with Crippen molar-refractivity contribution >= 4 is 58.3 Å². The first kappa shape index (κ1) is 21.4. The van der Waals surface area contributed by atoms with Gasteiger partial charge in [0.1, 0.15) is 12.1 Å². The highest BCUT2D eigenvalue weighted by Crippen LogP contribution is 2.35. The first-order chi connectivity index (χ1) is 13.5. The van der Waals surface area contributed by atoms with Gasteiger partial charge in [0.25, 0.3) is 5.91 Å². The zero-order chi connectivity index (χ0) is 21.5. The van der Waals surface area contributed by atoms with Crippen molar-refractivity contribution in [1.82, 2.24) is 10.2 Å². The van der Waals surface area contributed by atoms with Crippen molar-refractivity contribution in [3.8, 4) is 0 Å². The van der Waals surface area contributed by atoms with Gasteiger partial charge in [-0.15, -0.1) is 0 Å². The molecule has 2 aromatic rings. The van der Waals surface area contributed by atoms with Crippen molar-refractivity contribution in [3.63, 3.8) is 0 Å². The first-order valence-electron chi connectivity index (χ1n) is 8.69. The van der Waals surface area contributed by atoms with Gasteiger partial charge in [0.2, 0.25) is 5.91 Å². The second-order valence-corrected chi connectivity index (χ2v) is 8.31. The third kappa shape index (κ3) is 4.06. The molecule has 1 unspecified atom stereocenters. The Labute approximate surface area is 183 Å². The van der Waals surface area contributed by atoms with Crippen LogP contribution in [-0.2, 0) is 15.1 Å². The number of carbonyl (C=O) groups is 3. The Bertz CT molecular complexity index is 1020. The van der Waals surface area contributed by atoms with Crippen LogP contribution in [-0.4, -0.2) is 29.3 Å². The van der Waals surface area contributed by atoms with Gasteiger partial charge in [0.15, 0.2) is 0 Å². The molecule has 1 atom stereocenters. The van der Waals surface area contributed by atoms with Crippen LogP contribution in [0.1, 0.15) is 23.6 Å². The number of rotatable bonds is 4. The molecule has 0 radical (unpaired) electrons. The number of hydrogen-bond donors (Lipinski definition) is 2. The molecule has 2 aromatic carbocycles. The maximum atomic E-state index is 13.0. The molecule has 1 saturated heterocycles. The van der Waals surface area contributed by atoms with Gasteiger partial charge in [0.05, 0.1) is 10.7 Å². The van der Waals surface area contributed by atoms with Crippen LogP contribution in [0.25, 0.3) is 0 Å². The van der Waals surface area contributed by atoms with Gasteiger partial charge >= 0.3 is 6.03 Å². The number of imide groups is 1. The molecule has 0 spiro atoms. The van der Waals surface area contributed by atoms with Crippen molar-refractivity contribution in [1.29, 1.82) is 0 Å². The van der Waals surface area contributed by atoms with E-state index in [2.05, 4.69) is 10.6 Å². The van der Waals surface area contributed by atoms with Gasteiger partial charge in [-0.25, -0.2) is 4.79 Å². The molecule has 1 heterocycles. The average Bonchev–Trinajstić information content (AvgIpc) is 2.82. The van der Waals surface area contributed by atoms with Crippen LogP contribution in [0.4, 0.5) is 10.5 Å². The first-order valence-corrected chi connectivity index (χ1v) is 9.82. The van der Waals surface area contributed by atoms with Gasteiger partial charge in [-0.05, 0) is 50.1 Å². The number of benzene rings is 2. The molecule has 0 saturated carbocycles. The number of amides is 4. The van der Waals surface area contributed by atoms with Gasteiger partial charge in [-0.3, -0.25) is 14.5 Å². The Kier molecular flexibility index (Phi) is 5.81. The number of halogens is 3. The lowest BCUT2D eigenvalue weighted by atomic mass is 9.92. The second kappa shape index (κ2) is 7.86. The maximum Gasteiger partial charge on any atom is 0.325 e. The summed E-state index contributed by atoms with van der Waals surface area (Å²) in [5, 5.41) is 6.30. The van der Waals surface area contributed by atoms with Crippen molar-refractivity contribution < 1.29 is 14.4 Å². The minimum Gasteiger partial charge on any atom is -0.323 e. The molecule has 3 rings (SSSR count). The highest BCUT2D eigenvalue weighted by molar-refractivity contribution is 6.35. The van der Waals surface area contributed by atoms with E-state index in [9.17, 15) is 14.4 Å². The molecule has 0 aliphatic carbocycles. The molecule has 1 aliphatic rings. The molecule has 1 aliphatic heterocycles. The highest BCUT2D eigenvalue weighted by Gasteiger charge is 2.50. The van der Waals surface area contributed by atoms with Crippen molar-refractivity contribution in [3.05, 3.63) is 62.1 Å². The largest absolute Gasteiger partial charge is 0.325 e. The SMILES string of the molecule is Cc1cc(C)c(NC(=O)CN2C(=O)NC(C)(c3ccc(Cl)cc3Cl)C2=O)c(Cl)c1. The summed E-state index contributed by atoms with van der Waals surface area (Å²) in [5.41, 5.74) is 1.16. The summed E-state index contributed by atoms with van der Waals surface area (Å²) in [6.07, 6.45) is 0. The van der Waals surface area contributed by atoms with Gasteiger partial charge < -0.3 is 10.6 Å². The third-order valence-corrected chi connectivity index (χ3v) is 5.59. The summed E-state index contributed by atoms with van der Waals surface area (Å²) in [4.78, 5) is 38.8. The summed E-state index contributed by atoms with van der Waals surface area (Å²) in [5.74, 6) is -1.14. The molecule has 2 N–H and O–H groups in total. The molecule has 0 aromatic heterocycles. The zero-order valence-electron chi connectivity index (χ0n) is 15.9. The van der Waals surface area contributed by atoms with Gasteiger partial charge in [-0.1, -0.05) is 46.9 Å². The van der Waals surface area contributed by atoms with E-state index in [1.54, 1.807) is 18.2 Å². The average molecular weight is 455 g/mol. The van der Waals surface area contributed by atoms with Gasteiger partial charge in [-0.2, -0.15) is 0 Å². The summed E-state index contributed by atoms with van der Waals surface area (Å²) < 4.78 is 0. The fraction of sp³-hybridized carbons (Fsp3) is 0.250. The zero-order valence-corrected chi connectivity index (χ0v) is 18.2. The van der Waals surface area contributed by atoms with E-state index >= 15 is 0 Å². The molecule has 152 valence electrons. The summed E-state index contributed by atoms with van der Waals surface area (Å²) in [6, 6.07) is 7.53. The summed E-state index contributed by atoms with van der Waals surface area (Å²) >= 11 is 18.3. The van der Waals surface area contributed by atoms with E-state index in [4.69, 9.17) is 34.8 Å². The highest BCUT2D eigenvalue weighted by atomic mass is 35.5. The number of nitrogens with zero attached hydrogens (tertiary/aromatic N) is 1. The number of anilines is 1. The monoisotopic (exact) mass is 453 g/mol. The Morgan fingerprint density at radius 2 is 1.79 bits per heavy atom. The van der Waals surface area contributed by atoms with Crippen LogP contribution in [0.15, 0.2) is 30.3 Å². The Hall–Kier alpha value is -2.28. The van der Waals surface area contributed by atoms with E-state index in [1.807, 2.05) is 19.9 Å². The third-order valence-electron chi connectivity index (χ3n) is 4.74. The second-order valence-electron chi connectivity index (χ2n) is 7.06. The van der Waals surface area contributed by atoms with Crippen molar-refractivity contribution in [2.45, 2.75) is 26.3 Å². The van der Waals surface area contributed by atoms with Crippen LogP contribution in [0.2, 0.25) is 15.1 Å². The smallest absolute Gasteiger partial charge is 0.323 e. The molecule has 0 bridgehead atoms.